The molecule has 0 atom stereocenters. The second-order valence-corrected chi connectivity index (χ2v) is 7.48. The number of benzene rings is 2. The Morgan fingerprint density at radius 1 is 1.15 bits per heavy atom. The van der Waals surface area contributed by atoms with E-state index in [0.717, 1.165) is 32.9 Å². The van der Waals surface area contributed by atoms with Gasteiger partial charge in [-0.05, 0) is 44.2 Å². The number of aromatic nitrogens is 3. The van der Waals surface area contributed by atoms with Crippen LogP contribution in [-0.2, 0) is 6.54 Å². The summed E-state index contributed by atoms with van der Waals surface area (Å²) < 4.78 is 2.96. The summed E-state index contributed by atoms with van der Waals surface area (Å²) in [4.78, 5) is 18.9. The minimum atomic E-state index is -0.00318. The van der Waals surface area contributed by atoms with Crippen molar-refractivity contribution in [2.45, 2.75) is 20.4 Å². The molecule has 0 unspecified atom stereocenters. The summed E-state index contributed by atoms with van der Waals surface area (Å²) in [5.41, 5.74) is 7.50. The van der Waals surface area contributed by atoms with Crippen molar-refractivity contribution in [3.8, 4) is 5.69 Å². The highest BCUT2D eigenvalue weighted by molar-refractivity contribution is 7.16. The largest absolute Gasteiger partial charge is 0.337 e. The van der Waals surface area contributed by atoms with Gasteiger partial charge in [-0.3, -0.25) is 4.79 Å². The molecule has 0 aliphatic heterocycles. The average Bonchev–Trinajstić information content (AvgIpc) is 3.27. The van der Waals surface area contributed by atoms with Crippen LogP contribution in [0, 0.1) is 13.8 Å². The van der Waals surface area contributed by atoms with Crippen molar-refractivity contribution in [2.24, 2.45) is 0 Å². The number of para-hydroxylation sites is 1. The van der Waals surface area contributed by atoms with Gasteiger partial charge in [0.2, 0.25) is 0 Å². The maximum Gasteiger partial charge on any atom is 0.253 e. The van der Waals surface area contributed by atoms with Crippen LogP contribution in [0.25, 0.3) is 15.9 Å². The van der Waals surface area contributed by atoms with Gasteiger partial charge in [-0.1, -0.05) is 18.2 Å². The summed E-state index contributed by atoms with van der Waals surface area (Å²) in [6.07, 6.45) is 0. The maximum atomic E-state index is 12.9. The first-order valence-corrected chi connectivity index (χ1v) is 9.62. The molecule has 0 aliphatic carbocycles. The van der Waals surface area contributed by atoms with Crippen molar-refractivity contribution >= 4 is 27.5 Å². The Kier molecular flexibility index (Phi) is 4.49. The molecule has 2 aromatic carbocycles. The molecule has 0 saturated heterocycles. The van der Waals surface area contributed by atoms with Gasteiger partial charge in [0.1, 0.15) is 0 Å². The van der Waals surface area contributed by atoms with Crippen molar-refractivity contribution in [2.75, 3.05) is 7.05 Å². The number of carbonyl (C=O) groups excluding carboxylic acids is 1. The fourth-order valence-corrected chi connectivity index (χ4v) is 3.96. The third-order valence-electron chi connectivity index (χ3n) is 4.76. The summed E-state index contributed by atoms with van der Waals surface area (Å²) in [5.74, 6) is -0.00318. The first-order valence-electron chi connectivity index (χ1n) is 8.74. The van der Waals surface area contributed by atoms with Crippen molar-refractivity contribution in [3.05, 3.63) is 76.6 Å². The van der Waals surface area contributed by atoms with Crippen molar-refractivity contribution in [1.29, 1.82) is 0 Å². The number of nitrogens with zero attached hydrogens (tertiary/aromatic N) is 4. The molecule has 0 aliphatic rings. The molecule has 2 heterocycles. The Morgan fingerprint density at radius 2 is 1.93 bits per heavy atom. The van der Waals surface area contributed by atoms with Crippen molar-refractivity contribution in [3.63, 3.8) is 0 Å². The molecule has 6 heteroatoms. The van der Waals surface area contributed by atoms with E-state index in [1.54, 1.807) is 21.7 Å². The van der Waals surface area contributed by atoms with E-state index in [9.17, 15) is 4.79 Å². The second-order valence-electron chi connectivity index (χ2n) is 6.59. The second kappa shape index (κ2) is 6.96. The van der Waals surface area contributed by atoms with E-state index in [4.69, 9.17) is 0 Å². The lowest BCUT2D eigenvalue weighted by Gasteiger charge is -2.18. The molecular formula is C21H20N4OS. The van der Waals surface area contributed by atoms with Crippen LogP contribution in [-0.4, -0.2) is 32.6 Å². The molecule has 0 bridgehead atoms. The van der Waals surface area contributed by atoms with Crippen molar-refractivity contribution in [1.82, 2.24) is 19.7 Å². The van der Waals surface area contributed by atoms with Gasteiger partial charge in [-0.2, -0.15) is 5.10 Å². The zero-order valence-electron chi connectivity index (χ0n) is 15.5. The fourth-order valence-electron chi connectivity index (χ4n) is 3.24. The number of amides is 1. The van der Waals surface area contributed by atoms with Gasteiger partial charge < -0.3 is 4.90 Å². The van der Waals surface area contributed by atoms with E-state index in [-0.39, 0.29) is 5.91 Å². The minimum Gasteiger partial charge on any atom is -0.337 e. The molecule has 0 saturated carbocycles. The average molecular weight is 376 g/mol. The van der Waals surface area contributed by atoms with E-state index in [1.165, 1.54) is 0 Å². The number of thiazole rings is 1. The lowest BCUT2D eigenvalue weighted by molar-refractivity contribution is 0.0785. The van der Waals surface area contributed by atoms with Gasteiger partial charge in [-0.25, -0.2) is 9.67 Å². The highest BCUT2D eigenvalue weighted by atomic mass is 32.1. The SMILES string of the molecule is Cc1nn(-c2ccccc2)c(C)c1CN(C)C(=O)c1ccc2ncsc2c1. The van der Waals surface area contributed by atoms with Crippen molar-refractivity contribution < 1.29 is 4.79 Å². The van der Waals surface area contributed by atoms with Crippen LogP contribution in [0.15, 0.2) is 54.0 Å². The number of rotatable bonds is 4. The predicted molar refractivity (Wildman–Crippen MR) is 108 cm³/mol. The number of hydrogen-bond donors (Lipinski definition) is 0. The summed E-state index contributed by atoms with van der Waals surface area (Å²) in [5, 5.41) is 4.67. The topological polar surface area (TPSA) is 51.0 Å². The lowest BCUT2D eigenvalue weighted by Crippen LogP contribution is -2.26. The Morgan fingerprint density at radius 3 is 2.70 bits per heavy atom. The molecule has 0 N–H and O–H groups in total. The number of hydrogen-bond acceptors (Lipinski definition) is 4. The monoisotopic (exact) mass is 376 g/mol. The van der Waals surface area contributed by atoms with Crippen LogP contribution in [0.5, 0.6) is 0 Å². The van der Waals surface area contributed by atoms with Gasteiger partial charge in [0.05, 0.1) is 27.1 Å². The minimum absolute atomic E-state index is 0.00318. The smallest absolute Gasteiger partial charge is 0.253 e. The van der Waals surface area contributed by atoms with Gasteiger partial charge in [-0.15, -0.1) is 11.3 Å². The highest BCUT2D eigenvalue weighted by Crippen LogP contribution is 2.22. The highest BCUT2D eigenvalue weighted by Gasteiger charge is 2.18. The Bertz CT molecular complexity index is 1110. The third kappa shape index (κ3) is 3.24. The van der Waals surface area contributed by atoms with Crippen LogP contribution < -0.4 is 0 Å². The molecule has 2 aromatic heterocycles. The standard InChI is InChI=1S/C21H20N4OS/c1-14-18(15(2)25(23-14)17-7-5-4-6-8-17)12-24(3)21(26)16-9-10-19-20(11-16)27-13-22-19/h4-11,13H,12H2,1-3H3. The van der Waals surface area contributed by atoms with Gasteiger partial charge in [0.25, 0.3) is 5.91 Å². The molecule has 0 spiro atoms. The number of aryl methyl sites for hydroxylation is 1. The molecule has 27 heavy (non-hydrogen) atoms. The summed E-state index contributed by atoms with van der Waals surface area (Å²) in [6, 6.07) is 15.7. The molecule has 4 rings (SSSR count). The Labute approximate surface area is 161 Å². The quantitative estimate of drug-likeness (QED) is 0.531. The zero-order valence-corrected chi connectivity index (χ0v) is 16.3. The molecule has 136 valence electrons. The van der Waals surface area contributed by atoms with Gasteiger partial charge >= 0.3 is 0 Å². The molecular weight excluding hydrogens is 356 g/mol. The first kappa shape index (κ1) is 17.4. The predicted octanol–water partition coefficient (Wildman–Crippen LogP) is 4.37. The van der Waals surface area contributed by atoms with E-state index in [0.29, 0.717) is 12.1 Å². The molecule has 0 fully saturated rings. The molecule has 4 aromatic rings. The maximum absolute atomic E-state index is 12.9. The van der Waals surface area contributed by atoms with Crippen LogP contribution in [0.4, 0.5) is 0 Å². The first-order chi connectivity index (χ1) is 13.0. The van der Waals surface area contributed by atoms with Crippen LogP contribution in [0.1, 0.15) is 27.3 Å². The third-order valence-corrected chi connectivity index (χ3v) is 5.55. The number of carbonyl (C=O) groups is 1. The summed E-state index contributed by atoms with van der Waals surface area (Å²) in [6.45, 7) is 4.55. The number of fused-ring (bicyclic) bond motifs is 1. The van der Waals surface area contributed by atoms with E-state index in [1.807, 2.05) is 74.1 Å². The zero-order chi connectivity index (χ0) is 19.0. The van der Waals surface area contributed by atoms with E-state index >= 15 is 0 Å². The van der Waals surface area contributed by atoms with Crippen LogP contribution >= 0.6 is 11.3 Å². The van der Waals surface area contributed by atoms with Crippen LogP contribution in [0.2, 0.25) is 0 Å². The summed E-state index contributed by atoms with van der Waals surface area (Å²) >= 11 is 1.55. The Balaban J connectivity index is 1.60. The fraction of sp³-hybridized carbons (Fsp3) is 0.190. The van der Waals surface area contributed by atoms with Crippen LogP contribution in [0.3, 0.4) is 0 Å². The Hall–Kier alpha value is -2.99. The lowest BCUT2D eigenvalue weighted by atomic mass is 10.1. The summed E-state index contributed by atoms with van der Waals surface area (Å²) in [7, 11) is 1.83. The normalized spacial score (nSPS) is 11.1. The van der Waals surface area contributed by atoms with E-state index in [2.05, 4.69) is 10.1 Å². The van der Waals surface area contributed by atoms with Gasteiger partial charge in [0.15, 0.2) is 0 Å². The molecule has 5 nitrogen and oxygen atoms in total. The molecule has 1 amide bonds. The molecule has 0 radical (unpaired) electrons. The van der Waals surface area contributed by atoms with E-state index < -0.39 is 0 Å². The van der Waals surface area contributed by atoms with Gasteiger partial charge in [0, 0.05) is 30.4 Å².